The predicted molar refractivity (Wildman–Crippen MR) is 71.6 cm³/mol. The Morgan fingerprint density at radius 2 is 2.26 bits per heavy atom. The highest BCUT2D eigenvalue weighted by Gasteiger charge is 2.23. The summed E-state index contributed by atoms with van der Waals surface area (Å²) in [6.07, 6.45) is 2.74. The number of aromatic nitrogens is 1. The predicted octanol–water partition coefficient (Wildman–Crippen LogP) is 0.456. The van der Waals surface area contributed by atoms with Crippen LogP contribution < -0.4 is 5.32 Å². The van der Waals surface area contributed by atoms with E-state index in [0.29, 0.717) is 25.6 Å². The third-order valence-corrected chi connectivity index (χ3v) is 3.94. The van der Waals surface area contributed by atoms with Gasteiger partial charge in [0.2, 0.25) is 5.91 Å². The Bertz CT molecular complexity index is 438. The standard InChI is InChI=1S/C14H21N3O2/c18-14(16-4-6-19-7-5-16)8-12-9-15-10-13-2-1-3-17(13)11-12/h1-3,12,15H,4-11H2. The van der Waals surface area contributed by atoms with Crippen molar-refractivity contribution in [1.82, 2.24) is 14.8 Å². The van der Waals surface area contributed by atoms with Crippen LogP contribution in [-0.2, 0) is 22.6 Å². The molecule has 1 unspecified atom stereocenters. The quantitative estimate of drug-likeness (QED) is 0.843. The molecular weight excluding hydrogens is 242 g/mol. The Balaban J connectivity index is 1.59. The van der Waals surface area contributed by atoms with Gasteiger partial charge < -0.3 is 19.5 Å². The molecule has 5 heteroatoms. The summed E-state index contributed by atoms with van der Waals surface area (Å²) in [6.45, 7) is 5.59. The Kier molecular flexibility index (Phi) is 3.84. The molecule has 3 rings (SSSR count). The Hall–Kier alpha value is -1.33. The Morgan fingerprint density at radius 3 is 3.11 bits per heavy atom. The van der Waals surface area contributed by atoms with Gasteiger partial charge in [-0.05, 0) is 18.1 Å². The van der Waals surface area contributed by atoms with Crippen molar-refractivity contribution in [2.75, 3.05) is 32.8 Å². The van der Waals surface area contributed by atoms with E-state index in [1.54, 1.807) is 0 Å². The van der Waals surface area contributed by atoms with Gasteiger partial charge in [-0.3, -0.25) is 4.79 Å². The molecule has 0 bridgehead atoms. The lowest BCUT2D eigenvalue weighted by molar-refractivity contribution is -0.136. The van der Waals surface area contributed by atoms with Crippen molar-refractivity contribution in [3.8, 4) is 0 Å². The second kappa shape index (κ2) is 5.75. The molecule has 0 radical (unpaired) electrons. The lowest BCUT2D eigenvalue weighted by Crippen LogP contribution is -2.42. The van der Waals surface area contributed by atoms with Gasteiger partial charge in [-0.15, -0.1) is 0 Å². The van der Waals surface area contributed by atoms with E-state index < -0.39 is 0 Å². The molecule has 1 N–H and O–H groups in total. The van der Waals surface area contributed by atoms with Crippen LogP contribution in [0.5, 0.6) is 0 Å². The minimum absolute atomic E-state index is 0.269. The number of carbonyl (C=O) groups excluding carboxylic acids is 1. The molecule has 2 aliphatic rings. The van der Waals surface area contributed by atoms with E-state index >= 15 is 0 Å². The maximum absolute atomic E-state index is 12.3. The van der Waals surface area contributed by atoms with Gasteiger partial charge in [-0.25, -0.2) is 0 Å². The number of hydrogen-bond donors (Lipinski definition) is 1. The van der Waals surface area contributed by atoms with Crippen molar-refractivity contribution in [3.05, 3.63) is 24.0 Å². The third kappa shape index (κ3) is 2.98. The van der Waals surface area contributed by atoms with E-state index in [2.05, 4.69) is 28.2 Å². The fourth-order valence-corrected chi connectivity index (χ4v) is 2.86. The molecule has 2 aliphatic heterocycles. The van der Waals surface area contributed by atoms with Crippen LogP contribution in [-0.4, -0.2) is 48.2 Å². The lowest BCUT2D eigenvalue weighted by Gasteiger charge is -2.28. The van der Waals surface area contributed by atoms with Crippen LogP contribution in [0.4, 0.5) is 0 Å². The number of morpholine rings is 1. The number of amides is 1. The van der Waals surface area contributed by atoms with E-state index in [1.165, 1.54) is 5.69 Å². The second-order valence-electron chi connectivity index (χ2n) is 5.35. The van der Waals surface area contributed by atoms with Crippen molar-refractivity contribution in [3.63, 3.8) is 0 Å². The number of ether oxygens (including phenoxy) is 1. The first-order chi connectivity index (χ1) is 9.33. The first kappa shape index (κ1) is 12.7. The Morgan fingerprint density at radius 1 is 1.42 bits per heavy atom. The van der Waals surface area contributed by atoms with Gasteiger partial charge in [-0.1, -0.05) is 0 Å². The number of nitrogens with zero attached hydrogens (tertiary/aromatic N) is 2. The zero-order valence-corrected chi connectivity index (χ0v) is 11.2. The van der Waals surface area contributed by atoms with E-state index in [9.17, 15) is 4.79 Å². The van der Waals surface area contributed by atoms with Crippen molar-refractivity contribution in [2.24, 2.45) is 5.92 Å². The van der Waals surface area contributed by atoms with Crippen LogP contribution in [0, 0.1) is 5.92 Å². The molecule has 1 amide bonds. The number of fused-ring (bicyclic) bond motifs is 1. The van der Waals surface area contributed by atoms with E-state index in [1.807, 2.05) is 4.90 Å². The molecule has 3 heterocycles. The zero-order valence-electron chi connectivity index (χ0n) is 11.2. The van der Waals surface area contributed by atoms with Crippen LogP contribution in [0.2, 0.25) is 0 Å². The summed E-state index contributed by atoms with van der Waals surface area (Å²) >= 11 is 0. The van der Waals surface area contributed by atoms with Gasteiger partial charge in [0.25, 0.3) is 0 Å². The van der Waals surface area contributed by atoms with Crippen molar-refractivity contribution < 1.29 is 9.53 Å². The van der Waals surface area contributed by atoms with Crippen LogP contribution in [0.1, 0.15) is 12.1 Å². The first-order valence-corrected chi connectivity index (χ1v) is 7.03. The number of nitrogens with one attached hydrogen (secondary N) is 1. The number of carbonyl (C=O) groups is 1. The third-order valence-electron chi connectivity index (χ3n) is 3.94. The highest BCUT2D eigenvalue weighted by molar-refractivity contribution is 5.76. The van der Waals surface area contributed by atoms with Crippen molar-refractivity contribution in [2.45, 2.75) is 19.5 Å². The van der Waals surface area contributed by atoms with Gasteiger partial charge in [-0.2, -0.15) is 0 Å². The van der Waals surface area contributed by atoms with Gasteiger partial charge in [0.1, 0.15) is 0 Å². The summed E-state index contributed by atoms with van der Waals surface area (Å²) < 4.78 is 7.55. The summed E-state index contributed by atoms with van der Waals surface area (Å²) in [5.74, 6) is 0.648. The van der Waals surface area contributed by atoms with Crippen molar-refractivity contribution in [1.29, 1.82) is 0 Å². The molecule has 1 atom stereocenters. The molecule has 1 aromatic rings. The first-order valence-electron chi connectivity index (χ1n) is 7.03. The molecular formula is C14H21N3O2. The van der Waals surface area contributed by atoms with Crippen LogP contribution in [0.3, 0.4) is 0 Å². The van der Waals surface area contributed by atoms with E-state index in [0.717, 1.165) is 32.7 Å². The number of hydrogen-bond acceptors (Lipinski definition) is 3. The highest BCUT2D eigenvalue weighted by Crippen LogP contribution is 2.15. The summed E-state index contributed by atoms with van der Waals surface area (Å²) in [5, 5.41) is 3.43. The molecule has 1 saturated heterocycles. The average molecular weight is 263 g/mol. The van der Waals surface area contributed by atoms with E-state index in [-0.39, 0.29) is 5.91 Å². The molecule has 1 fully saturated rings. The SMILES string of the molecule is O=C(CC1CNCc2cccn2C1)N1CCOCC1. The maximum atomic E-state index is 12.3. The fraction of sp³-hybridized carbons (Fsp3) is 0.643. The summed E-state index contributed by atoms with van der Waals surface area (Å²) in [4.78, 5) is 14.2. The molecule has 1 aromatic heterocycles. The molecule has 104 valence electrons. The maximum Gasteiger partial charge on any atom is 0.223 e. The molecule has 5 nitrogen and oxygen atoms in total. The minimum atomic E-state index is 0.269. The van der Waals surface area contributed by atoms with Gasteiger partial charge in [0.15, 0.2) is 0 Å². The molecule has 0 aliphatic carbocycles. The van der Waals surface area contributed by atoms with Gasteiger partial charge in [0, 0.05) is 51.0 Å². The summed E-state index contributed by atoms with van der Waals surface area (Å²) in [6, 6.07) is 4.21. The molecule has 19 heavy (non-hydrogen) atoms. The monoisotopic (exact) mass is 263 g/mol. The highest BCUT2D eigenvalue weighted by atomic mass is 16.5. The fourth-order valence-electron chi connectivity index (χ4n) is 2.86. The van der Waals surface area contributed by atoms with Crippen LogP contribution in [0.15, 0.2) is 18.3 Å². The van der Waals surface area contributed by atoms with Crippen LogP contribution in [0.25, 0.3) is 0 Å². The topological polar surface area (TPSA) is 46.5 Å². The lowest BCUT2D eigenvalue weighted by atomic mass is 10.0. The van der Waals surface area contributed by atoms with E-state index in [4.69, 9.17) is 4.74 Å². The summed E-state index contributed by atoms with van der Waals surface area (Å²) in [5.41, 5.74) is 1.31. The van der Waals surface area contributed by atoms with Crippen molar-refractivity contribution >= 4 is 5.91 Å². The zero-order chi connectivity index (χ0) is 13.1. The number of rotatable bonds is 2. The molecule has 0 aromatic carbocycles. The molecule has 0 saturated carbocycles. The normalized spacial score (nSPS) is 23.8. The van der Waals surface area contributed by atoms with Crippen LogP contribution >= 0.6 is 0 Å². The average Bonchev–Trinajstić information content (AvgIpc) is 2.79. The largest absolute Gasteiger partial charge is 0.378 e. The second-order valence-corrected chi connectivity index (χ2v) is 5.35. The Labute approximate surface area is 113 Å². The van der Waals surface area contributed by atoms with Gasteiger partial charge >= 0.3 is 0 Å². The van der Waals surface area contributed by atoms with Gasteiger partial charge in [0.05, 0.1) is 13.2 Å². The minimum Gasteiger partial charge on any atom is -0.378 e. The summed E-state index contributed by atoms with van der Waals surface area (Å²) in [7, 11) is 0. The molecule has 0 spiro atoms. The smallest absolute Gasteiger partial charge is 0.223 e.